The number of carbonyl (C=O) groups is 1. The molecule has 12 heavy (non-hydrogen) atoms. The zero-order valence-corrected chi connectivity index (χ0v) is 6.92. The first-order valence-electron chi connectivity index (χ1n) is 3.66. The van der Waals surface area contributed by atoms with Gasteiger partial charge in [-0.05, 0) is 24.0 Å². The maximum atomic E-state index is 9.92. The lowest BCUT2D eigenvalue weighted by atomic mass is 10.3. The third-order valence-electron chi connectivity index (χ3n) is 0.938. The van der Waals surface area contributed by atoms with Crippen LogP contribution in [-0.4, -0.2) is 11.1 Å². The number of hydrogen-bond acceptors (Lipinski definition) is 1. The van der Waals surface area contributed by atoms with Crippen LogP contribution in [0.5, 0.6) is 0 Å². The molecule has 2 heteroatoms. The van der Waals surface area contributed by atoms with Crippen molar-refractivity contribution in [2.45, 2.75) is 19.8 Å². The standard InChI is InChI=1S/C10H10O2/c1-2-3-4-5-6-7-8-9-10(11)12/h4,9H,2-3H2,1H3,(H,11,12). The number of unbranched alkanes of at least 4 members (excludes halogenated alkanes) is 1. The van der Waals surface area contributed by atoms with E-state index in [0.29, 0.717) is 0 Å². The van der Waals surface area contributed by atoms with Crippen molar-refractivity contribution in [3.8, 4) is 0 Å². The molecular weight excluding hydrogens is 152 g/mol. The maximum absolute atomic E-state index is 9.92. The van der Waals surface area contributed by atoms with E-state index in [4.69, 9.17) is 5.11 Å². The molecule has 0 saturated heterocycles. The van der Waals surface area contributed by atoms with Crippen molar-refractivity contribution in [3.05, 3.63) is 35.1 Å². The van der Waals surface area contributed by atoms with Crippen LogP contribution in [0.2, 0.25) is 0 Å². The zero-order chi connectivity index (χ0) is 9.23. The number of allylic oxidation sites excluding steroid dienone is 1. The van der Waals surface area contributed by atoms with Crippen LogP contribution < -0.4 is 0 Å². The van der Waals surface area contributed by atoms with E-state index < -0.39 is 5.97 Å². The molecule has 0 rings (SSSR count). The highest BCUT2D eigenvalue weighted by molar-refractivity contribution is 5.79. The molecule has 1 N–H and O–H groups in total. The topological polar surface area (TPSA) is 37.3 Å². The third-order valence-corrected chi connectivity index (χ3v) is 0.938. The van der Waals surface area contributed by atoms with E-state index in [1.807, 2.05) is 6.08 Å². The van der Waals surface area contributed by atoms with Crippen LogP contribution in [0.15, 0.2) is 35.1 Å². The van der Waals surface area contributed by atoms with Gasteiger partial charge in [0.1, 0.15) is 0 Å². The van der Waals surface area contributed by atoms with Crippen molar-refractivity contribution in [1.29, 1.82) is 0 Å². The maximum Gasteiger partial charge on any atom is 0.336 e. The van der Waals surface area contributed by atoms with Crippen molar-refractivity contribution in [1.82, 2.24) is 0 Å². The Bertz CT molecular complexity index is 301. The molecule has 0 aromatic carbocycles. The quantitative estimate of drug-likeness (QED) is 0.509. The van der Waals surface area contributed by atoms with E-state index >= 15 is 0 Å². The lowest BCUT2D eigenvalue weighted by molar-refractivity contribution is -0.131. The molecule has 0 saturated carbocycles. The molecule has 0 fully saturated rings. The van der Waals surface area contributed by atoms with Crippen molar-refractivity contribution in [2.75, 3.05) is 0 Å². The van der Waals surface area contributed by atoms with Gasteiger partial charge in [0.25, 0.3) is 0 Å². The average Bonchev–Trinajstić information content (AvgIpc) is 2.02. The molecule has 62 valence electrons. The molecule has 0 amide bonds. The van der Waals surface area contributed by atoms with Crippen LogP contribution in [-0.2, 0) is 4.79 Å². The Labute approximate surface area is 71.5 Å². The Hall–Kier alpha value is -1.67. The summed E-state index contributed by atoms with van der Waals surface area (Å²) in [6.07, 6.45) is 4.69. The zero-order valence-electron chi connectivity index (χ0n) is 6.92. The molecule has 0 aromatic heterocycles. The van der Waals surface area contributed by atoms with Crippen LogP contribution >= 0.6 is 0 Å². The summed E-state index contributed by atoms with van der Waals surface area (Å²) in [4.78, 5) is 9.92. The van der Waals surface area contributed by atoms with Crippen molar-refractivity contribution < 1.29 is 9.90 Å². The second-order valence-electron chi connectivity index (χ2n) is 2.01. The minimum Gasteiger partial charge on any atom is -0.478 e. The Morgan fingerprint density at radius 3 is 2.67 bits per heavy atom. The summed E-state index contributed by atoms with van der Waals surface area (Å²) in [6.45, 7) is 2.06. The van der Waals surface area contributed by atoms with Gasteiger partial charge < -0.3 is 5.11 Å². The monoisotopic (exact) mass is 162 g/mol. The predicted molar refractivity (Wildman–Crippen MR) is 45.7 cm³/mol. The van der Waals surface area contributed by atoms with Crippen LogP contribution in [0.1, 0.15) is 19.8 Å². The largest absolute Gasteiger partial charge is 0.478 e. The highest BCUT2D eigenvalue weighted by Crippen LogP contribution is 1.84. The summed E-state index contributed by atoms with van der Waals surface area (Å²) in [6, 6.07) is 0. The molecule has 0 radical (unpaired) electrons. The molecule has 0 aliphatic carbocycles. The smallest absolute Gasteiger partial charge is 0.336 e. The molecule has 0 heterocycles. The lowest BCUT2D eigenvalue weighted by Gasteiger charge is -1.73. The van der Waals surface area contributed by atoms with Crippen LogP contribution in [0.4, 0.5) is 0 Å². The Kier molecular flexibility index (Phi) is 6.40. The summed E-state index contributed by atoms with van der Waals surface area (Å²) in [5.74, 6) is -1.04. The van der Waals surface area contributed by atoms with E-state index in [1.54, 1.807) is 0 Å². The Morgan fingerprint density at radius 2 is 2.08 bits per heavy atom. The first-order valence-corrected chi connectivity index (χ1v) is 3.66. The molecule has 0 spiro atoms. The highest BCUT2D eigenvalue weighted by atomic mass is 16.4. The van der Waals surface area contributed by atoms with Gasteiger partial charge in [0.15, 0.2) is 0 Å². The van der Waals surface area contributed by atoms with Gasteiger partial charge in [-0.1, -0.05) is 24.8 Å². The van der Waals surface area contributed by atoms with Gasteiger partial charge in [-0.3, -0.25) is 0 Å². The van der Waals surface area contributed by atoms with E-state index in [2.05, 4.69) is 29.8 Å². The molecule has 0 bridgehead atoms. The van der Waals surface area contributed by atoms with Crippen LogP contribution in [0.25, 0.3) is 0 Å². The molecule has 0 aliphatic heterocycles. The average molecular weight is 162 g/mol. The molecular formula is C10H10O2. The summed E-state index contributed by atoms with van der Waals surface area (Å²) in [5, 5.41) is 8.14. The van der Waals surface area contributed by atoms with Gasteiger partial charge >= 0.3 is 5.97 Å². The minimum atomic E-state index is -1.04. The number of hydrogen-bond donors (Lipinski definition) is 1. The van der Waals surface area contributed by atoms with E-state index in [-0.39, 0.29) is 0 Å². The van der Waals surface area contributed by atoms with Gasteiger partial charge in [-0.2, -0.15) is 0 Å². The van der Waals surface area contributed by atoms with Gasteiger partial charge in [0.2, 0.25) is 0 Å². The molecule has 0 aromatic rings. The van der Waals surface area contributed by atoms with Crippen molar-refractivity contribution in [2.24, 2.45) is 0 Å². The summed E-state index contributed by atoms with van der Waals surface area (Å²) in [7, 11) is 0. The molecule has 0 atom stereocenters. The lowest BCUT2D eigenvalue weighted by Crippen LogP contribution is -1.82. The Morgan fingerprint density at radius 1 is 1.42 bits per heavy atom. The van der Waals surface area contributed by atoms with E-state index in [9.17, 15) is 4.79 Å². The normalized spacial score (nSPS) is 6.75. The highest BCUT2D eigenvalue weighted by Gasteiger charge is 1.77. The van der Waals surface area contributed by atoms with Gasteiger partial charge in [0.05, 0.1) is 6.08 Å². The van der Waals surface area contributed by atoms with Crippen LogP contribution in [0, 0.1) is 0 Å². The fourth-order valence-corrected chi connectivity index (χ4v) is 0.438. The van der Waals surface area contributed by atoms with Gasteiger partial charge in [0, 0.05) is 0 Å². The minimum absolute atomic E-state index is 0.870. The molecule has 0 unspecified atom stereocenters. The Balaban J connectivity index is 4.31. The first-order chi connectivity index (χ1) is 5.77. The summed E-state index contributed by atoms with van der Waals surface area (Å²) >= 11 is 0. The number of carboxylic acid groups (broad SMARTS) is 1. The SMILES string of the molecule is CCCC=C=C=C=C=CC(=O)O. The van der Waals surface area contributed by atoms with Gasteiger partial charge in [-0.25, -0.2) is 4.79 Å². The predicted octanol–water partition coefficient (Wildman–Crippen LogP) is 2.05. The number of aliphatic carboxylic acids is 1. The van der Waals surface area contributed by atoms with E-state index in [1.165, 1.54) is 0 Å². The van der Waals surface area contributed by atoms with Gasteiger partial charge in [-0.15, -0.1) is 0 Å². The third kappa shape index (κ3) is 8.33. The fraction of sp³-hybridized carbons (Fsp3) is 0.300. The van der Waals surface area contributed by atoms with Crippen molar-refractivity contribution >= 4 is 5.97 Å². The van der Waals surface area contributed by atoms with Crippen molar-refractivity contribution in [3.63, 3.8) is 0 Å². The summed E-state index contributed by atoms with van der Waals surface area (Å²) in [5.41, 5.74) is 9.90. The second kappa shape index (κ2) is 7.44. The first kappa shape index (κ1) is 10.3. The number of rotatable bonds is 3. The van der Waals surface area contributed by atoms with Crippen LogP contribution in [0.3, 0.4) is 0 Å². The summed E-state index contributed by atoms with van der Waals surface area (Å²) < 4.78 is 0. The molecule has 2 nitrogen and oxygen atoms in total. The fourth-order valence-electron chi connectivity index (χ4n) is 0.438. The molecule has 0 aliphatic rings. The number of carboxylic acids is 1. The second-order valence-corrected chi connectivity index (χ2v) is 2.01. The van der Waals surface area contributed by atoms with E-state index in [0.717, 1.165) is 18.9 Å².